The van der Waals surface area contributed by atoms with Crippen LogP contribution in [0.15, 0.2) is 22.0 Å². The van der Waals surface area contributed by atoms with Crippen LogP contribution in [-0.2, 0) is 0 Å². The van der Waals surface area contributed by atoms with Crippen LogP contribution in [0.1, 0.15) is 13.8 Å². The fraction of sp³-hybridized carbons (Fsp3) is 0.556. The Labute approximate surface area is 63.6 Å². The summed E-state index contributed by atoms with van der Waals surface area (Å²) >= 11 is 0. The number of hydrogen-bond acceptors (Lipinski definition) is 0. The molecule has 1 atom stereocenters. The Morgan fingerprint density at radius 1 is 1.40 bits per heavy atom. The minimum atomic E-state index is -0.868. The van der Waals surface area contributed by atoms with E-state index < -0.39 is 8.07 Å². The van der Waals surface area contributed by atoms with Gasteiger partial charge in [0.2, 0.25) is 0 Å². The molecule has 1 aliphatic carbocycles. The summed E-state index contributed by atoms with van der Waals surface area (Å²) in [6.45, 7) is 9.52. The van der Waals surface area contributed by atoms with Gasteiger partial charge in [0.05, 0.1) is 0 Å². The Morgan fingerprint density at radius 2 is 2.00 bits per heavy atom. The summed E-state index contributed by atoms with van der Waals surface area (Å²) in [6.07, 6.45) is 2.41. The van der Waals surface area contributed by atoms with Crippen LogP contribution in [-0.4, -0.2) is 8.07 Å². The second kappa shape index (κ2) is 1.47. The van der Waals surface area contributed by atoms with Gasteiger partial charge >= 0.3 is 0 Å². The van der Waals surface area contributed by atoms with Crippen molar-refractivity contribution in [1.29, 1.82) is 0 Å². The van der Waals surface area contributed by atoms with E-state index in [1.165, 1.54) is 0 Å². The Balaban J connectivity index is 2.38. The maximum absolute atomic E-state index is 2.46. The summed E-state index contributed by atoms with van der Waals surface area (Å²) in [5.74, 6) is 0.789. The van der Waals surface area contributed by atoms with Gasteiger partial charge in [0.25, 0.3) is 0 Å². The van der Waals surface area contributed by atoms with E-state index in [9.17, 15) is 0 Å². The van der Waals surface area contributed by atoms with Gasteiger partial charge in [-0.1, -0.05) is 42.1 Å². The molecule has 0 nitrogen and oxygen atoms in total. The van der Waals surface area contributed by atoms with E-state index in [1.54, 1.807) is 10.8 Å². The van der Waals surface area contributed by atoms with Crippen LogP contribution in [0.2, 0.25) is 13.1 Å². The zero-order valence-corrected chi connectivity index (χ0v) is 8.15. The topological polar surface area (TPSA) is 0 Å². The number of rotatable bonds is 0. The van der Waals surface area contributed by atoms with E-state index >= 15 is 0 Å². The van der Waals surface area contributed by atoms with Crippen molar-refractivity contribution in [3.63, 3.8) is 0 Å². The number of allylic oxidation sites excluding steroid dienone is 4. The van der Waals surface area contributed by atoms with Gasteiger partial charge in [-0.2, -0.15) is 0 Å². The average Bonchev–Trinajstić information content (AvgIpc) is 2.17. The van der Waals surface area contributed by atoms with Crippen molar-refractivity contribution in [2.24, 2.45) is 5.92 Å². The maximum Gasteiger partial charge on any atom is 0.108 e. The molecule has 0 aromatic heterocycles. The molecular weight excluding hydrogens is 136 g/mol. The molecule has 0 saturated carbocycles. The Hall–Kier alpha value is -0.303. The fourth-order valence-electron chi connectivity index (χ4n) is 2.54. The minimum Gasteiger partial charge on any atom is -0.0752 e. The van der Waals surface area contributed by atoms with Crippen LogP contribution >= 0.6 is 0 Å². The Bertz CT molecular complexity index is 256. The molecule has 1 heteroatoms. The average molecular weight is 150 g/mol. The zero-order chi connectivity index (χ0) is 7.52. The van der Waals surface area contributed by atoms with Crippen LogP contribution in [0.3, 0.4) is 0 Å². The van der Waals surface area contributed by atoms with Crippen LogP contribution in [0, 0.1) is 5.92 Å². The van der Waals surface area contributed by atoms with Crippen molar-refractivity contribution in [2.75, 3.05) is 0 Å². The largest absolute Gasteiger partial charge is 0.108 e. The molecule has 0 radical (unpaired) electrons. The van der Waals surface area contributed by atoms with Crippen molar-refractivity contribution in [3.8, 4) is 0 Å². The predicted molar refractivity (Wildman–Crippen MR) is 47.4 cm³/mol. The van der Waals surface area contributed by atoms with Crippen molar-refractivity contribution in [3.05, 3.63) is 22.0 Å². The van der Waals surface area contributed by atoms with Gasteiger partial charge in [-0.15, -0.1) is 0 Å². The third kappa shape index (κ3) is 0.523. The second-order valence-corrected chi connectivity index (χ2v) is 8.34. The molecule has 54 valence electrons. The third-order valence-corrected chi connectivity index (χ3v) is 6.57. The lowest BCUT2D eigenvalue weighted by atomic mass is 10.2. The lowest BCUT2D eigenvalue weighted by Gasteiger charge is -2.11. The molecule has 1 aliphatic heterocycles. The summed E-state index contributed by atoms with van der Waals surface area (Å²) in [4.78, 5) is 0. The zero-order valence-electron chi connectivity index (χ0n) is 7.15. The molecule has 0 fully saturated rings. The molecule has 0 aromatic rings. The minimum absolute atomic E-state index is 0.789. The highest BCUT2D eigenvalue weighted by Crippen LogP contribution is 2.54. The van der Waals surface area contributed by atoms with Gasteiger partial charge in [0.15, 0.2) is 0 Å². The standard InChI is InChI=1S/C9H14Si/c1-6-5-7(2)9-8(6)10(9,3)4/h5-6H,1-4H3. The fourth-order valence-corrected chi connectivity index (χ4v) is 7.00. The van der Waals surface area contributed by atoms with E-state index in [-0.39, 0.29) is 0 Å². The summed E-state index contributed by atoms with van der Waals surface area (Å²) in [6, 6.07) is 0. The summed E-state index contributed by atoms with van der Waals surface area (Å²) in [5, 5.41) is 3.60. The van der Waals surface area contributed by atoms with Crippen molar-refractivity contribution < 1.29 is 0 Å². The first-order valence-corrected chi connectivity index (χ1v) is 6.99. The molecule has 0 N–H and O–H groups in total. The van der Waals surface area contributed by atoms with E-state index in [1.807, 2.05) is 5.20 Å². The van der Waals surface area contributed by atoms with E-state index in [0.717, 1.165) is 5.92 Å². The highest BCUT2D eigenvalue weighted by Gasteiger charge is 2.51. The Kier molecular flexibility index (Phi) is 0.945. The van der Waals surface area contributed by atoms with Crippen LogP contribution in [0.5, 0.6) is 0 Å². The summed E-state index contributed by atoms with van der Waals surface area (Å²) < 4.78 is 0. The van der Waals surface area contributed by atoms with Gasteiger partial charge in [-0.05, 0) is 12.8 Å². The molecule has 10 heavy (non-hydrogen) atoms. The first kappa shape index (κ1) is 6.41. The second-order valence-electron chi connectivity index (χ2n) is 4.05. The van der Waals surface area contributed by atoms with Gasteiger partial charge in [-0.3, -0.25) is 0 Å². The van der Waals surface area contributed by atoms with Gasteiger partial charge in [0.1, 0.15) is 8.07 Å². The lowest BCUT2D eigenvalue weighted by Crippen LogP contribution is -2.16. The van der Waals surface area contributed by atoms with Gasteiger partial charge in [0, 0.05) is 0 Å². The van der Waals surface area contributed by atoms with Gasteiger partial charge in [-0.25, -0.2) is 0 Å². The molecule has 2 aliphatic rings. The summed E-state index contributed by atoms with van der Waals surface area (Å²) in [5.41, 5.74) is 1.58. The van der Waals surface area contributed by atoms with E-state index in [2.05, 4.69) is 33.0 Å². The lowest BCUT2D eigenvalue weighted by molar-refractivity contribution is 0.933. The molecule has 0 spiro atoms. The first-order valence-electron chi connectivity index (χ1n) is 3.99. The van der Waals surface area contributed by atoms with Crippen molar-refractivity contribution in [1.82, 2.24) is 0 Å². The normalized spacial score (nSPS) is 34.0. The Morgan fingerprint density at radius 3 is 2.20 bits per heavy atom. The van der Waals surface area contributed by atoms with E-state index in [4.69, 9.17) is 0 Å². The molecular formula is C9H14Si. The molecule has 0 aromatic carbocycles. The SMILES string of the molecule is CC1=CC(C)C2=C1[Si]2(C)C. The molecule has 1 unspecified atom stereocenters. The molecule has 0 amide bonds. The highest BCUT2D eigenvalue weighted by atomic mass is 28.3. The van der Waals surface area contributed by atoms with Crippen LogP contribution in [0.4, 0.5) is 0 Å². The van der Waals surface area contributed by atoms with E-state index in [0.29, 0.717) is 0 Å². The van der Waals surface area contributed by atoms with Crippen LogP contribution < -0.4 is 0 Å². The molecule has 0 saturated heterocycles. The molecule has 1 heterocycles. The number of hydrogen-bond donors (Lipinski definition) is 0. The third-order valence-electron chi connectivity index (χ3n) is 2.85. The predicted octanol–water partition coefficient (Wildman–Crippen LogP) is 2.68. The first-order chi connectivity index (χ1) is 4.55. The van der Waals surface area contributed by atoms with Crippen molar-refractivity contribution in [2.45, 2.75) is 26.9 Å². The molecule has 0 bridgehead atoms. The maximum atomic E-state index is 2.46. The monoisotopic (exact) mass is 150 g/mol. The van der Waals surface area contributed by atoms with Crippen molar-refractivity contribution >= 4 is 8.07 Å². The highest BCUT2D eigenvalue weighted by molar-refractivity contribution is 7.02. The molecule has 2 rings (SSSR count). The van der Waals surface area contributed by atoms with Crippen LogP contribution in [0.25, 0.3) is 0 Å². The summed E-state index contributed by atoms with van der Waals surface area (Å²) in [7, 11) is -0.868. The smallest absolute Gasteiger partial charge is 0.0752 e. The quantitative estimate of drug-likeness (QED) is 0.466. The van der Waals surface area contributed by atoms with Gasteiger partial charge < -0.3 is 0 Å².